The molecule has 0 aliphatic rings. The summed E-state index contributed by atoms with van der Waals surface area (Å²) >= 11 is 0. The Bertz CT molecular complexity index is 4110. The lowest BCUT2D eigenvalue weighted by Gasteiger charge is -2.23. The number of ether oxygens (including phenoxy) is 9. The maximum atomic E-state index is 11.7. The van der Waals surface area contributed by atoms with Crippen LogP contribution in [0.3, 0.4) is 0 Å². The molecule has 0 fully saturated rings. The van der Waals surface area contributed by atoms with Gasteiger partial charge in [-0.15, -0.1) is 0 Å². The van der Waals surface area contributed by atoms with Crippen LogP contribution in [0.15, 0.2) is 249 Å². The molecular formula is C85H102N4O21. The highest BCUT2D eigenvalue weighted by Crippen LogP contribution is 2.23. The van der Waals surface area contributed by atoms with E-state index in [2.05, 4.69) is 50.1 Å². The molecule has 1 unspecified atom stereocenters. The largest absolute Gasteiger partial charge is 0.460 e. The number of amides is 2. The number of hydrogen-bond acceptors (Lipinski definition) is 23. The summed E-state index contributed by atoms with van der Waals surface area (Å²) in [6, 6.07) is 54.8. The highest BCUT2D eigenvalue weighted by atomic mass is 16.6. The van der Waals surface area contributed by atoms with E-state index in [1.807, 2.05) is 165 Å². The van der Waals surface area contributed by atoms with Crippen LogP contribution in [-0.4, -0.2) is 173 Å². The number of rotatable bonds is 32. The average Bonchev–Trinajstić information content (AvgIpc) is 0.831. The Morgan fingerprint density at radius 2 is 0.827 bits per heavy atom. The number of esters is 7. The number of aliphatic hydroxyl groups excluding tert-OH is 3. The Balaban J connectivity index is 0.000000452. The number of aliphatic hydroxyl groups is 3. The van der Waals surface area contributed by atoms with Crippen LogP contribution in [0.25, 0.3) is 21.9 Å². The van der Waals surface area contributed by atoms with Crippen LogP contribution in [0.1, 0.15) is 68.6 Å². The smallest absolute Gasteiger partial charge is 0.412 e. The molecule has 7 rings (SSSR count). The lowest BCUT2D eigenvalue weighted by Crippen LogP contribution is -2.38. The summed E-state index contributed by atoms with van der Waals surface area (Å²) in [5.74, 6) is -2.23. The molecule has 0 aliphatic heterocycles. The van der Waals surface area contributed by atoms with E-state index >= 15 is 0 Å². The highest BCUT2D eigenvalue weighted by Gasteiger charge is 2.16. The SMILES string of the molecule is C=C(C)C(=O)OCC(O)CN(CCO)CCO.C=C(C)C(=O)OCCNC(=O)Oc1ccc(-c2ccccc2)cc1.C=C(C)C(=O)OCCNC(=O)Oc1ccc(C)cc1.C=C(C)C(=O)OCCOC(=O)c1ccc(N(C)C)cc1.C=C(C)C(=O)OCc1cccc2ccccc12.C=C(C)C(=O)OCc1ccccc1. The van der Waals surface area contributed by atoms with Crippen LogP contribution < -0.4 is 25.0 Å². The van der Waals surface area contributed by atoms with Gasteiger partial charge in [-0.05, 0) is 130 Å². The minimum absolute atomic E-state index is 0.0210. The summed E-state index contributed by atoms with van der Waals surface area (Å²) in [6.07, 6.45) is -2.04. The second-order valence-electron chi connectivity index (χ2n) is 24.3. The van der Waals surface area contributed by atoms with Crippen LogP contribution in [0.5, 0.6) is 11.5 Å². The van der Waals surface area contributed by atoms with Gasteiger partial charge in [-0.2, -0.15) is 0 Å². The normalized spacial score (nSPS) is 10.2. The van der Waals surface area contributed by atoms with Gasteiger partial charge in [-0.3, -0.25) is 4.90 Å². The maximum absolute atomic E-state index is 11.7. The number of fused-ring (bicyclic) bond motifs is 1. The van der Waals surface area contributed by atoms with Crippen LogP contribution in [0.2, 0.25) is 0 Å². The van der Waals surface area contributed by atoms with Crippen molar-refractivity contribution in [2.45, 2.75) is 67.8 Å². The molecule has 25 nitrogen and oxygen atoms in total. The van der Waals surface area contributed by atoms with E-state index in [4.69, 9.17) is 52.8 Å². The number of nitrogens with zero attached hydrogens (tertiary/aromatic N) is 2. The van der Waals surface area contributed by atoms with E-state index < -0.39 is 48.1 Å². The van der Waals surface area contributed by atoms with Crippen molar-refractivity contribution in [1.29, 1.82) is 0 Å². The zero-order chi connectivity index (χ0) is 81.9. The number of anilines is 1. The molecule has 0 saturated carbocycles. The van der Waals surface area contributed by atoms with E-state index in [1.54, 1.807) is 75.9 Å². The van der Waals surface area contributed by atoms with E-state index in [0.29, 0.717) is 64.6 Å². The van der Waals surface area contributed by atoms with E-state index in [0.717, 1.165) is 44.3 Å². The molecule has 5 N–H and O–H groups in total. The summed E-state index contributed by atoms with van der Waals surface area (Å²) in [7, 11) is 3.84. The fourth-order valence-corrected chi connectivity index (χ4v) is 8.20. The van der Waals surface area contributed by atoms with Crippen molar-refractivity contribution in [3.05, 3.63) is 271 Å². The molecule has 0 spiro atoms. The quantitative estimate of drug-likeness (QED) is 0.0113. The summed E-state index contributed by atoms with van der Waals surface area (Å²) in [6.45, 7) is 34.1. The second-order valence-corrected chi connectivity index (χ2v) is 24.3. The summed E-state index contributed by atoms with van der Waals surface area (Å²) in [5, 5.41) is 34.4. The lowest BCUT2D eigenvalue weighted by molar-refractivity contribution is -0.142. The van der Waals surface area contributed by atoms with Gasteiger partial charge in [-0.1, -0.05) is 172 Å². The predicted molar refractivity (Wildman–Crippen MR) is 421 cm³/mol. The van der Waals surface area contributed by atoms with Crippen LogP contribution in [0.4, 0.5) is 15.3 Å². The Hall–Kier alpha value is -12.3. The maximum Gasteiger partial charge on any atom is 0.412 e. The molecule has 588 valence electrons. The lowest BCUT2D eigenvalue weighted by atomic mass is 10.1. The molecule has 0 heterocycles. The Morgan fingerprint density at radius 3 is 1.30 bits per heavy atom. The minimum atomic E-state index is -0.851. The van der Waals surface area contributed by atoms with Crippen molar-refractivity contribution in [1.82, 2.24) is 15.5 Å². The Kier molecular flexibility index (Phi) is 45.6. The molecule has 0 aliphatic carbocycles. The molecule has 7 aromatic rings. The number of carbonyl (C=O) groups is 9. The van der Waals surface area contributed by atoms with E-state index in [9.17, 15) is 48.3 Å². The van der Waals surface area contributed by atoms with Crippen molar-refractivity contribution < 1.29 is 101 Å². The predicted octanol–water partition coefficient (Wildman–Crippen LogP) is 12.3. The van der Waals surface area contributed by atoms with Crippen molar-refractivity contribution >= 4 is 70.4 Å². The topological polar surface area (TPSA) is 328 Å². The molecule has 0 aromatic heterocycles. The van der Waals surface area contributed by atoms with Gasteiger partial charge in [0.2, 0.25) is 0 Å². The van der Waals surface area contributed by atoms with Gasteiger partial charge in [0.05, 0.1) is 31.9 Å². The van der Waals surface area contributed by atoms with Crippen LogP contribution >= 0.6 is 0 Å². The van der Waals surface area contributed by atoms with Crippen LogP contribution in [0, 0.1) is 6.92 Å². The fourth-order valence-electron chi connectivity index (χ4n) is 8.20. The zero-order valence-corrected chi connectivity index (χ0v) is 64.0. The number of carbonyl (C=O) groups excluding carboxylic acids is 9. The van der Waals surface area contributed by atoms with Gasteiger partial charge in [-0.25, -0.2) is 43.2 Å². The van der Waals surface area contributed by atoms with Gasteiger partial charge in [0.1, 0.15) is 63.9 Å². The molecule has 110 heavy (non-hydrogen) atoms. The molecular weight excluding hydrogens is 1410 g/mol. The standard InChI is InChI=1S/C19H19NO4.C15H19NO4.C15H14O2.C14H17NO4.C11H21NO5.C11H12O2/c1-14(2)18(21)23-13-12-20-19(22)24-17-10-8-16(9-11-17)15-6-4-3-5-7-15;1-11(2)14(17)19-9-10-20-15(18)12-5-7-13(8-6-12)16(3)4;1-11(2)15(16)17-10-13-8-5-7-12-6-3-4-9-14(12)13;1-10(2)13(16)18-9-8-15-14(17)19-12-6-4-11(3)5-7-12;1-9(2)11(16)17-8-10(15)7-12(3-5-13)4-6-14;1-9(2)11(12)13-8-10-6-4-3-5-7-10/h3-11H,1,12-13H2,2H3,(H,20,22);5-8H,1,9-10H2,2-4H3;3-9H,1,10H2,2H3;4-7H,1,8-9H2,2-3H3,(H,15,17);10,13-15H,1,3-8H2,2H3;3-7H,1,8H2,2H3. The number of nitrogens with one attached hydrogen (secondary N) is 2. The summed E-state index contributed by atoms with van der Waals surface area (Å²) in [4.78, 5) is 105. The molecule has 2 amide bonds. The number of benzene rings is 7. The molecule has 0 radical (unpaired) electrons. The molecule has 7 aromatic carbocycles. The molecule has 0 bridgehead atoms. The average molecular weight is 1520 g/mol. The van der Waals surface area contributed by atoms with Crippen molar-refractivity contribution in [3.63, 3.8) is 0 Å². The first-order valence-electron chi connectivity index (χ1n) is 34.5. The third-order valence-electron chi connectivity index (χ3n) is 14.0. The third kappa shape index (κ3) is 41.0. The van der Waals surface area contributed by atoms with Crippen molar-refractivity contribution in [3.8, 4) is 22.6 Å². The summed E-state index contributed by atoms with van der Waals surface area (Å²) in [5.41, 5.74) is 8.74. The van der Waals surface area contributed by atoms with Crippen molar-refractivity contribution in [2.24, 2.45) is 0 Å². The Morgan fingerprint density at radius 1 is 0.427 bits per heavy atom. The van der Waals surface area contributed by atoms with Gasteiger partial charge in [0.25, 0.3) is 0 Å². The van der Waals surface area contributed by atoms with E-state index in [-0.39, 0.29) is 90.0 Å². The first kappa shape index (κ1) is 93.8. The number of aryl methyl sites for hydroxylation is 1. The number of hydrogen-bond donors (Lipinski definition) is 5. The van der Waals surface area contributed by atoms with Gasteiger partial charge in [0, 0.05) is 72.9 Å². The molecule has 0 saturated heterocycles. The molecule has 25 heteroatoms. The molecule has 1 atom stereocenters. The van der Waals surface area contributed by atoms with Crippen molar-refractivity contribution in [2.75, 3.05) is 98.0 Å². The zero-order valence-electron chi connectivity index (χ0n) is 64.0. The van der Waals surface area contributed by atoms with Gasteiger partial charge < -0.3 is 73.5 Å². The first-order chi connectivity index (χ1) is 52.3. The minimum Gasteiger partial charge on any atom is -0.460 e. The Labute approximate surface area is 643 Å². The third-order valence-corrected chi connectivity index (χ3v) is 14.0. The first-order valence-corrected chi connectivity index (χ1v) is 34.5. The highest BCUT2D eigenvalue weighted by molar-refractivity contribution is 5.91. The fraction of sp³-hybridized carbons (Fsp3) is 0.282. The van der Waals surface area contributed by atoms with E-state index in [1.165, 1.54) is 6.92 Å². The monoisotopic (exact) mass is 1510 g/mol. The van der Waals surface area contributed by atoms with Gasteiger partial charge >= 0.3 is 54.0 Å². The van der Waals surface area contributed by atoms with Crippen LogP contribution in [-0.2, 0) is 75.1 Å². The van der Waals surface area contributed by atoms with Gasteiger partial charge in [0.15, 0.2) is 0 Å². The summed E-state index contributed by atoms with van der Waals surface area (Å²) < 4.78 is 44.5. The second kappa shape index (κ2) is 53.5.